The number of aliphatic hydroxyl groups is 1. The summed E-state index contributed by atoms with van der Waals surface area (Å²) in [6, 6.07) is 8.17. The first kappa shape index (κ1) is 26.1. The molecule has 0 atom stereocenters. The maximum Gasteiger partial charge on any atom is 0.261 e. The quantitative estimate of drug-likeness (QED) is 0.285. The van der Waals surface area contributed by atoms with Gasteiger partial charge in [-0.15, -0.1) is 0 Å². The second kappa shape index (κ2) is 11.1. The van der Waals surface area contributed by atoms with Crippen LogP contribution in [0.5, 0.6) is 28.7 Å². The Morgan fingerprint density at radius 1 is 1.05 bits per heavy atom. The molecule has 1 amide bonds. The van der Waals surface area contributed by atoms with E-state index in [1.807, 2.05) is 0 Å². The lowest BCUT2D eigenvalue weighted by Gasteiger charge is -2.15. The van der Waals surface area contributed by atoms with Gasteiger partial charge in [0.25, 0.3) is 5.91 Å². The van der Waals surface area contributed by atoms with Gasteiger partial charge < -0.3 is 29.4 Å². The number of aliphatic hydroxyl groups excluding tert-OH is 1. The molecule has 2 aromatic heterocycles. The number of hydrogen-bond acceptors (Lipinski definition) is 8. The van der Waals surface area contributed by atoms with Crippen molar-refractivity contribution in [2.45, 2.75) is 25.9 Å². The van der Waals surface area contributed by atoms with Gasteiger partial charge in [-0.2, -0.15) is 0 Å². The number of pyridine rings is 2. The Balaban J connectivity index is 1.40. The van der Waals surface area contributed by atoms with Crippen molar-refractivity contribution < 1.29 is 37.6 Å². The van der Waals surface area contributed by atoms with Crippen LogP contribution in [0.25, 0.3) is 10.9 Å². The van der Waals surface area contributed by atoms with Gasteiger partial charge in [-0.3, -0.25) is 14.8 Å². The molecule has 39 heavy (non-hydrogen) atoms. The molecular weight excluding hydrogens is 512 g/mol. The molecule has 4 aromatic rings. The van der Waals surface area contributed by atoms with Crippen molar-refractivity contribution in [3.05, 3.63) is 71.7 Å². The van der Waals surface area contributed by atoms with Crippen molar-refractivity contribution >= 4 is 22.5 Å². The Kier molecular flexibility index (Phi) is 7.42. The van der Waals surface area contributed by atoms with Crippen molar-refractivity contribution in [1.82, 2.24) is 9.97 Å². The smallest absolute Gasteiger partial charge is 0.261 e. The summed E-state index contributed by atoms with van der Waals surface area (Å²) in [5.41, 5.74) is 1.15. The number of ether oxygens (including phenoxy) is 4. The summed E-state index contributed by atoms with van der Waals surface area (Å²) in [7, 11) is 1.43. The molecule has 5 rings (SSSR count). The number of rotatable bonds is 10. The van der Waals surface area contributed by atoms with Crippen LogP contribution < -0.4 is 24.3 Å². The first-order valence-corrected chi connectivity index (χ1v) is 12.2. The van der Waals surface area contributed by atoms with E-state index in [2.05, 4.69) is 15.3 Å². The van der Waals surface area contributed by atoms with Crippen molar-refractivity contribution in [3.63, 3.8) is 0 Å². The second-order valence-corrected chi connectivity index (χ2v) is 8.87. The number of aromatic nitrogens is 2. The van der Waals surface area contributed by atoms with Gasteiger partial charge in [-0.25, -0.2) is 8.78 Å². The Morgan fingerprint density at radius 3 is 2.51 bits per heavy atom. The lowest BCUT2D eigenvalue weighted by molar-refractivity contribution is 0.102. The third-order valence-corrected chi connectivity index (χ3v) is 5.87. The number of nitrogens with one attached hydrogen (secondary N) is 1. The molecule has 1 aliphatic rings. The molecule has 2 N–H and O–H groups in total. The minimum atomic E-state index is -1.03. The lowest BCUT2D eigenvalue weighted by Crippen LogP contribution is -2.15. The van der Waals surface area contributed by atoms with E-state index in [0.717, 1.165) is 25.0 Å². The number of carbonyl (C=O) groups excluding carboxylic acids is 1. The van der Waals surface area contributed by atoms with Crippen LogP contribution >= 0.6 is 0 Å². The molecule has 1 aliphatic carbocycles. The first-order chi connectivity index (χ1) is 18.9. The highest BCUT2D eigenvalue weighted by molar-refractivity contribution is 6.06. The Hall–Kier alpha value is -4.51. The number of carbonyl (C=O) groups is 1. The summed E-state index contributed by atoms with van der Waals surface area (Å²) in [5, 5.41) is 12.0. The summed E-state index contributed by atoms with van der Waals surface area (Å²) in [5.74, 6) is -2.17. The standard InChI is InChI=1S/C28H25F2N3O6/c1-15-9-24(38-17-3-4-17)19(14-32-15)28(35)33-16-10-20(29)27(21(30)11-16)39-23-5-6-31-22-13-26(37-8-7-34)25(36-2)12-18(22)23/h5-6,9-14,17,34H,3-4,7-8H2,1-2H3,(H,33,35). The van der Waals surface area contributed by atoms with Gasteiger partial charge in [0.15, 0.2) is 28.9 Å². The van der Waals surface area contributed by atoms with Crippen molar-refractivity contribution in [1.29, 1.82) is 0 Å². The molecule has 0 radical (unpaired) electrons. The monoisotopic (exact) mass is 537 g/mol. The topological polar surface area (TPSA) is 112 Å². The minimum Gasteiger partial charge on any atom is -0.493 e. The zero-order chi connectivity index (χ0) is 27.5. The number of halogens is 2. The number of anilines is 1. The highest BCUT2D eigenvalue weighted by Gasteiger charge is 2.26. The summed E-state index contributed by atoms with van der Waals surface area (Å²) in [4.78, 5) is 21.3. The number of hydrogen-bond donors (Lipinski definition) is 2. The van der Waals surface area contributed by atoms with E-state index in [-0.39, 0.29) is 36.3 Å². The van der Waals surface area contributed by atoms with Crippen LogP contribution in [0.3, 0.4) is 0 Å². The van der Waals surface area contributed by atoms with E-state index >= 15 is 8.78 Å². The van der Waals surface area contributed by atoms with Crippen LogP contribution in [0.1, 0.15) is 28.9 Å². The van der Waals surface area contributed by atoms with E-state index in [1.165, 1.54) is 25.6 Å². The highest BCUT2D eigenvalue weighted by Crippen LogP contribution is 2.39. The van der Waals surface area contributed by atoms with Gasteiger partial charge >= 0.3 is 0 Å². The molecule has 1 fully saturated rings. The molecule has 0 spiro atoms. The number of methoxy groups -OCH3 is 1. The van der Waals surface area contributed by atoms with Crippen LogP contribution in [-0.4, -0.2) is 47.4 Å². The number of fused-ring (bicyclic) bond motifs is 1. The maximum absolute atomic E-state index is 15.1. The average molecular weight is 538 g/mol. The fourth-order valence-electron chi connectivity index (χ4n) is 3.85. The van der Waals surface area contributed by atoms with E-state index < -0.39 is 23.3 Å². The summed E-state index contributed by atoms with van der Waals surface area (Å²) in [6.45, 7) is 1.63. The number of aryl methyl sites for hydroxylation is 1. The van der Waals surface area contributed by atoms with Crippen molar-refractivity contribution in [3.8, 4) is 28.7 Å². The normalized spacial score (nSPS) is 12.7. The van der Waals surface area contributed by atoms with Crippen molar-refractivity contribution in [2.75, 3.05) is 25.6 Å². The molecule has 202 valence electrons. The first-order valence-electron chi connectivity index (χ1n) is 12.2. The highest BCUT2D eigenvalue weighted by atomic mass is 19.1. The van der Waals surface area contributed by atoms with Crippen LogP contribution in [0, 0.1) is 18.6 Å². The molecule has 9 nitrogen and oxygen atoms in total. The predicted molar refractivity (Wildman–Crippen MR) is 138 cm³/mol. The van der Waals surface area contributed by atoms with Gasteiger partial charge in [0, 0.05) is 53.4 Å². The molecule has 0 unspecified atom stereocenters. The zero-order valence-electron chi connectivity index (χ0n) is 21.2. The largest absolute Gasteiger partial charge is 0.493 e. The van der Waals surface area contributed by atoms with Crippen molar-refractivity contribution in [2.24, 2.45) is 0 Å². The second-order valence-electron chi connectivity index (χ2n) is 8.87. The molecular formula is C28H25F2N3O6. The van der Waals surface area contributed by atoms with Crippen LogP contribution in [0.15, 0.2) is 48.8 Å². The van der Waals surface area contributed by atoms with Gasteiger partial charge in [0.05, 0.1) is 25.3 Å². The molecule has 0 bridgehead atoms. The van der Waals surface area contributed by atoms with Gasteiger partial charge in [0.2, 0.25) is 0 Å². The van der Waals surface area contributed by atoms with E-state index in [4.69, 9.17) is 24.1 Å². The molecule has 11 heteroatoms. The van der Waals surface area contributed by atoms with E-state index in [0.29, 0.717) is 33.8 Å². The minimum absolute atomic E-state index is 0.0483. The molecule has 2 aromatic carbocycles. The van der Waals surface area contributed by atoms with Gasteiger partial charge in [-0.1, -0.05) is 0 Å². The fourth-order valence-corrected chi connectivity index (χ4v) is 3.85. The third kappa shape index (κ3) is 5.83. The zero-order valence-corrected chi connectivity index (χ0v) is 21.2. The number of amides is 1. The summed E-state index contributed by atoms with van der Waals surface area (Å²) < 4.78 is 52.4. The Bertz CT molecular complexity index is 1520. The van der Waals surface area contributed by atoms with Gasteiger partial charge in [0.1, 0.15) is 23.7 Å². The SMILES string of the molecule is COc1cc2c(Oc3c(F)cc(NC(=O)c4cnc(C)cc4OC4CC4)cc3F)ccnc2cc1OCCO. The van der Waals surface area contributed by atoms with Gasteiger partial charge in [-0.05, 0) is 31.9 Å². The fraction of sp³-hybridized carbons (Fsp3) is 0.250. The molecule has 0 saturated heterocycles. The third-order valence-electron chi connectivity index (χ3n) is 5.87. The van der Waals surface area contributed by atoms with Crippen LogP contribution in [0.4, 0.5) is 14.5 Å². The van der Waals surface area contributed by atoms with Crippen LogP contribution in [0.2, 0.25) is 0 Å². The average Bonchev–Trinajstić information content (AvgIpc) is 3.73. The Labute approximate surface area is 222 Å². The van der Waals surface area contributed by atoms with Crippen LogP contribution in [-0.2, 0) is 0 Å². The maximum atomic E-state index is 15.1. The predicted octanol–water partition coefficient (Wildman–Crippen LogP) is 5.18. The number of nitrogens with zero attached hydrogens (tertiary/aromatic N) is 2. The lowest BCUT2D eigenvalue weighted by atomic mass is 10.1. The molecule has 0 aliphatic heterocycles. The summed E-state index contributed by atoms with van der Waals surface area (Å²) >= 11 is 0. The molecule has 2 heterocycles. The molecule has 1 saturated carbocycles. The summed E-state index contributed by atoms with van der Waals surface area (Å²) in [6.07, 6.45) is 4.64. The van der Waals surface area contributed by atoms with E-state index in [1.54, 1.807) is 25.1 Å². The van der Waals surface area contributed by atoms with E-state index in [9.17, 15) is 4.79 Å². The Morgan fingerprint density at radius 2 is 1.82 bits per heavy atom. The number of benzene rings is 2.